The fourth-order valence-corrected chi connectivity index (χ4v) is 1.28. The van der Waals surface area contributed by atoms with Crippen LogP contribution in [0.15, 0.2) is 0 Å². The summed E-state index contributed by atoms with van der Waals surface area (Å²) in [5, 5.41) is 12.2. The van der Waals surface area contributed by atoms with E-state index in [0.717, 1.165) is 4.90 Å². The Hall–Kier alpha value is -1.96. The second-order valence-electron chi connectivity index (χ2n) is 3.36. The average Bonchev–Trinajstić information content (AvgIpc) is 2.26. The van der Waals surface area contributed by atoms with E-state index in [1.807, 2.05) is 0 Å². The van der Waals surface area contributed by atoms with E-state index < -0.39 is 23.9 Å². The van der Waals surface area contributed by atoms with E-state index >= 15 is 0 Å². The molecule has 1 saturated heterocycles. The molecule has 1 unspecified atom stereocenters. The quantitative estimate of drug-likeness (QED) is 0.529. The van der Waals surface area contributed by atoms with Crippen LogP contribution in [0.5, 0.6) is 0 Å². The van der Waals surface area contributed by atoms with Gasteiger partial charge in [-0.05, 0) is 6.92 Å². The molecule has 0 aliphatic carbocycles. The van der Waals surface area contributed by atoms with Crippen molar-refractivity contribution in [1.29, 1.82) is 5.41 Å². The molecule has 3 N–H and O–H groups in total. The van der Waals surface area contributed by atoms with Crippen LogP contribution in [0, 0.1) is 5.41 Å². The Bertz CT molecular complexity index is 368. The minimum Gasteiger partial charge on any atom is -0.465 e. The maximum absolute atomic E-state index is 11.6. The Morgan fingerprint density at radius 1 is 1.59 bits per heavy atom. The molecule has 0 saturated carbocycles. The maximum atomic E-state index is 11.6. The zero-order valence-electron chi connectivity index (χ0n) is 9.57. The Kier molecular flexibility index (Phi) is 4.16. The molecule has 0 spiro atoms. The van der Waals surface area contributed by atoms with E-state index in [2.05, 4.69) is 15.4 Å². The van der Waals surface area contributed by atoms with Gasteiger partial charge in [0.05, 0.1) is 13.2 Å². The first kappa shape index (κ1) is 13.1. The van der Waals surface area contributed by atoms with Gasteiger partial charge in [-0.1, -0.05) is 0 Å². The molecule has 0 aromatic heterocycles. The summed E-state index contributed by atoms with van der Waals surface area (Å²) >= 11 is 0. The van der Waals surface area contributed by atoms with Crippen LogP contribution in [0.4, 0.5) is 4.79 Å². The summed E-state index contributed by atoms with van der Waals surface area (Å²) in [6, 6.07) is -1.68. The normalized spacial score (nSPS) is 20.2. The second kappa shape index (κ2) is 5.39. The number of carbonyl (C=O) groups excluding carboxylic acids is 3. The van der Waals surface area contributed by atoms with E-state index in [1.54, 1.807) is 6.92 Å². The third-order valence-electron chi connectivity index (χ3n) is 2.17. The van der Waals surface area contributed by atoms with Gasteiger partial charge in [0.15, 0.2) is 0 Å². The third-order valence-corrected chi connectivity index (χ3v) is 2.17. The smallest absolute Gasteiger partial charge is 0.329 e. The number of ether oxygens (including phenoxy) is 1. The van der Waals surface area contributed by atoms with E-state index in [-0.39, 0.29) is 19.0 Å². The minimum atomic E-state index is -1.03. The highest BCUT2D eigenvalue weighted by Gasteiger charge is 2.35. The Balaban J connectivity index is 2.58. The van der Waals surface area contributed by atoms with Crippen LogP contribution in [-0.4, -0.2) is 54.9 Å². The summed E-state index contributed by atoms with van der Waals surface area (Å²) in [4.78, 5) is 34.7. The van der Waals surface area contributed by atoms with E-state index in [9.17, 15) is 14.4 Å². The molecule has 1 heterocycles. The van der Waals surface area contributed by atoms with Gasteiger partial charge in [-0.25, -0.2) is 4.79 Å². The van der Waals surface area contributed by atoms with E-state index in [4.69, 9.17) is 5.41 Å². The number of hydrogen-bond acceptors (Lipinski definition) is 6. The number of amidine groups is 1. The zero-order chi connectivity index (χ0) is 13.0. The summed E-state index contributed by atoms with van der Waals surface area (Å²) in [7, 11) is 1.29. The fraction of sp³-hybridized carbons (Fsp3) is 0.556. The highest BCUT2D eigenvalue weighted by atomic mass is 16.5. The number of nitrogens with one attached hydrogen (secondary N) is 3. The van der Waals surface area contributed by atoms with Crippen LogP contribution in [0.1, 0.15) is 6.92 Å². The lowest BCUT2D eigenvalue weighted by Crippen LogP contribution is -2.63. The first-order valence-electron chi connectivity index (χ1n) is 5.03. The van der Waals surface area contributed by atoms with Gasteiger partial charge in [-0.15, -0.1) is 0 Å². The van der Waals surface area contributed by atoms with Gasteiger partial charge in [0, 0.05) is 7.05 Å². The fourth-order valence-electron chi connectivity index (χ4n) is 1.28. The van der Waals surface area contributed by atoms with Gasteiger partial charge < -0.3 is 4.74 Å². The first-order valence-corrected chi connectivity index (χ1v) is 5.03. The van der Waals surface area contributed by atoms with Crippen molar-refractivity contribution >= 4 is 23.7 Å². The van der Waals surface area contributed by atoms with Gasteiger partial charge in [-0.2, -0.15) is 0 Å². The first-order chi connectivity index (χ1) is 7.97. The number of urea groups is 1. The Labute approximate surface area is 97.8 Å². The number of amides is 3. The van der Waals surface area contributed by atoms with Crippen LogP contribution in [0.3, 0.4) is 0 Å². The van der Waals surface area contributed by atoms with Crippen LogP contribution in [-0.2, 0) is 14.3 Å². The van der Waals surface area contributed by atoms with Crippen LogP contribution >= 0.6 is 0 Å². The van der Waals surface area contributed by atoms with Crippen molar-refractivity contribution in [1.82, 2.24) is 15.5 Å². The van der Waals surface area contributed by atoms with E-state index in [1.165, 1.54) is 7.05 Å². The van der Waals surface area contributed by atoms with Crippen molar-refractivity contribution < 1.29 is 19.1 Å². The van der Waals surface area contributed by atoms with Crippen molar-refractivity contribution in [3.05, 3.63) is 0 Å². The number of nitrogens with zero attached hydrogens (tertiary/aromatic N) is 1. The maximum Gasteiger partial charge on any atom is 0.329 e. The highest BCUT2D eigenvalue weighted by Crippen LogP contribution is 2.01. The molecule has 8 heteroatoms. The standard InChI is InChI=1S/C9H14N4O4/c1-3-17-5(14)4-11-6-7(10)12-9(16)13(2)8(6)15/h6,11H,3-4H2,1-2H3,(H2,10,12,16). The predicted octanol–water partition coefficient (Wildman–Crippen LogP) is -1.33. The number of likely N-dealkylation sites (N-methyl/N-ethyl adjacent to an activating group) is 1. The molecule has 3 amide bonds. The highest BCUT2D eigenvalue weighted by molar-refractivity contribution is 6.19. The molecule has 1 rings (SSSR count). The SMILES string of the molecule is CCOC(=O)CNC1C(=N)NC(=O)N(C)C1=O. The second-order valence-corrected chi connectivity index (χ2v) is 3.36. The van der Waals surface area contributed by atoms with Gasteiger partial charge >= 0.3 is 12.0 Å². The molecule has 17 heavy (non-hydrogen) atoms. The van der Waals surface area contributed by atoms with Gasteiger partial charge in [0.2, 0.25) is 0 Å². The molecule has 1 aliphatic heterocycles. The molecule has 1 fully saturated rings. The molecule has 1 atom stereocenters. The van der Waals surface area contributed by atoms with Crippen LogP contribution in [0.25, 0.3) is 0 Å². The minimum absolute atomic E-state index is 0.198. The molecule has 1 aliphatic rings. The molecule has 0 bridgehead atoms. The summed E-state index contributed by atoms with van der Waals surface area (Å²) in [5.41, 5.74) is 0. The van der Waals surface area contributed by atoms with Crippen LogP contribution < -0.4 is 10.6 Å². The number of rotatable bonds is 4. The molecule has 94 valence electrons. The number of imide groups is 1. The van der Waals surface area contributed by atoms with Crippen molar-refractivity contribution in [2.45, 2.75) is 13.0 Å². The molecule has 0 aromatic rings. The summed E-state index contributed by atoms with van der Waals surface area (Å²) in [5.74, 6) is -1.38. The summed E-state index contributed by atoms with van der Waals surface area (Å²) in [6.07, 6.45) is 0. The monoisotopic (exact) mass is 242 g/mol. The molecule has 0 aromatic carbocycles. The molecular weight excluding hydrogens is 228 g/mol. The van der Waals surface area contributed by atoms with Crippen molar-refractivity contribution in [2.24, 2.45) is 0 Å². The predicted molar refractivity (Wildman–Crippen MR) is 57.5 cm³/mol. The average molecular weight is 242 g/mol. The zero-order valence-corrected chi connectivity index (χ0v) is 9.57. The Morgan fingerprint density at radius 2 is 2.24 bits per heavy atom. The van der Waals surface area contributed by atoms with Crippen molar-refractivity contribution in [3.8, 4) is 0 Å². The lowest BCUT2D eigenvalue weighted by atomic mass is 10.2. The number of carbonyl (C=O) groups is 3. The van der Waals surface area contributed by atoms with Crippen molar-refractivity contribution in [3.63, 3.8) is 0 Å². The van der Waals surface area contributed by atoms with Gasteiger partial charge in [-0.3, -0.25) is 30.5 Å². The largest absolute Gasteiger partial charge is 0.465 e. The topological polar surface area (TPSA) is 112 Å². The molecule has 0 radical (unpaired) electrons. The van der Waals surface area contributed by atoms with Crippen molar-refractivity contribution in [2.75, 3.05) is 20.2 Å². The van der Waals surface area contributed by atoms with Gasteiger partial charge in [0.1, 0.15) is 11.9 Å². The van der Waals surface area contributed by atoms with E-state index in [0.29, 0.717) is 0 Å². The molecular formula is C9H14N4O4. The Morgan fingerprint density at radius 3 is 2.82 bits per heavy atom. The number of esters is 1. The molecule has 8 nitrogen and oxygen atoms in total. The summed E-state index contributed by atoms with van der Waals surface area (Å²) < 4.78 is 4.67. The summed E-state index contributed by atoms with van der Waals surface area (Å²) in [6.45, 7) is 1.71. The van der Waals surface area contributed by atoms with Crippen LogP contribution in [0.2, 0.25) is 0 Å². The third kappa shape index (κ3) is 3.00. The lowest BCUT2D eigenvalue weighted by Gasteiger charge is -2.29. The number of hydrogen-bond donors (Lipinski definition) is 3. The van der Waals surface area contributed by atoms with Gasteiger partial charge in [0.25, 0.3) is 5.91 Å². The lowest BCUT2D eigenvalue weighted by molar-refractivity contribution is -0.142.